The van der Waals surface area contributed by atoms with Crippen LogP contribution in [0.15, 0.2) is 18.2 Å². The molecule has 17 heavy (non-hydrogen) atoms. The quantitative estimate of drug-likeness (QED) is 0.847. The molecule has 0 aromatic heterocycles. The number of nitrogens with zero attached hydrogens (tertiary/aromatic N) is 1. The number of halogens is 1. The Bertz CT molecular complexity index is 427. The van der Waals surface area contributed by atoms with E-state index in [4.69, 9.17) is 0 Å². The zero-order valence-corrected chi connectivity index (χ0v) is 10.2. The third kappa shape index (κ3) is 2.47. The van der Waals surface area contributed by atoms with Crippen LogP contribution in [0.5, 0.6) is 0 Å². The highest BCUT2D eigenvalue weighted by Gasteiger charge is 2.25. The van der Waals surface area contributed by atoms with Crippen LogP contribution in [-0.2, 0) is 4.79 Å². The van der Waals surface area contributed by atoms with Gasteiger partial charge in [0.15, 0.2) is 0 Å². The van der Waals surface area contributed by atoms with Crippen molar-refractivity contribution in [1.82, 2.24) is 5.32 Å². The number of carbonyl (C=O) groups excluding carboxylic acids is 1. The summed E-state index contributed by atoms with van der Waals surface area (Å²) < 4.78 is 13.2. The molecule has 1 N–H and O–H groups in total. The number of hydrogen-bond acceptors (Lipinski definition) is 2. The van der Waals surface area contributed by atoms with Crippen molar-refractivity contribution in [2.45, 2.75) is 13.3 Å². The second-order valence-electron chi connectivity index (χ2n) is 4.52. The van der Waals surface area contributed by atoms with Crippen LogP contribution in [0.25, 0.3) is 0 Å². The molecule has 0 saturated carbocycles. The van der Waals surface area contributed by atoms with E-state index >= 15 is 0 Å². The Morgan fingerprint density at radius 3 is 2.88 bits per heavy atom. The molecule has 1 heterocycles. The molecule has 1 aromatic carbocycles. The Balaban J connectivity index is 2.15. The zero-order chi connectivity index (χ0) is 12.4. The van der Waals surface area contributed by atoms with Gasteiger partial charge in [0.1, 0.15) is 5.82 Å². The van der Waals surface area contributed by atoms with Crippen LogP contribution in [0.2, 0.25) is 0 Å². The molecule has 1 aliphatic heterocycles. The first-order valence-electron chi connectivity index (χ1n) is 5.84. The highest BCUT2D eigenvalue weighted by Crippen LogP contribution is 2.20. The lowest BCUT2D eigenvalue weighted by atomic mass is 10.1. The summed E-state index contributed by atoms with van der Waals surface area (Å²) >= 11 is 0. The van der Waals surface area contributed by atoms with Crippen LogP contribution in [0.3, 0.4) is 0 Å². The van der Waals surface area contributed by atoms with Gasteiger partial charge in [-0.05, 0) is 43.7 Å². The Morgan fingerprint density at radius 2 is 2.29 bits per heavy atom. The number of anilines is 1. The highest BCUT2D eigenvalue weighted by atomic mass is 19.1. The average molecular weight is 236 g/mol. The molecule has 1 atom stereocenters. The molecule has 0 bridgehead atoms. The lowest BCUT2D eigenvalue weighted by molar-refractivity contribution is -0.121. The maximum absolute atomic E-state index is 13.2. The van der Waals surface area contributed by atoms with Crippen molar-refractivity contribution in [3.8, 4) is 0 Å². The van der Waals surface area contributed by atoms with Gasteiger partial charge < -0.3 is 10.2 Å². The standard InChI is InChI=1S/C13H17FN2O/c1-9-7-11(3-4-12(9)14)16(2)13(17)10-5-6-15-8-10/h3-4,7,10,15H,5-6,8H2,1-2H3. The van der Waals surface area contributed by atoms with Crippen LogP contribution in [0.4, 0.5) is 10.1 Å². The molecule has 1 aliphatic rings. The van der Waals surface area contributed by atoms with E-state index in [2.05, 4.69) is 5.32 Å². The monoisotopic (exact) mass is 236 g/mol. The minimum absolute atomic E-state index is 0.0466. The largest absolute Gasteiger partial charge is 0.316 e. The molecule has 1 aromatic rings. The fraction of sp³-hybridized carbons (Fsp3) is 0.462. The summed E-state index contributed by atoms with van der Waals surface area (Å²) in [6, 6.07) is 4.75. The minimum atomic E-state index is -0.239. The molecule has 0 spiro atoms. The van der Waals surface area contributed by atoms with Crippen LogP contribution in [0.1, 0.15) is 12.0 Å². The Hall–Kier alpha value is -1.42. The van der Waals surface area contributed by atoms with Crippen molar-refractivity contribution in [2.75, 3.05) is 25.0 Å². The molecule has 1 fully saturated rings. The smallest absolute Gasteiger partial charge is 0.231 e. The number of rotatable bonds is 2. The summed E-state index contributed by atoms with van der Waals surface area (Å²) in [5, 5.41) is 3.17. The normalized spacial score (nSPS) is 19.4. The fourth-order valence-corrected chi connectivity index (χ4v) is 2.10. The summed E-state index contributed by atoms with van der Waals surface area (Å²) in [5.41, 5.74) is 1.31. The molecule has 0 radical (unpaired) electrons. The van der Waals surface area contributed by atoms with Gasteiger partial charge in [-0.15, -0.1) is 0 Å². The molecule has 92 valence electrons. The summed E-state index contributed by atoms with van der Waals surface area (Å²) in [7, 11) is 1.74. The lowest BCUT2D eigenvalue weighted by Crippen LogP contribution is -2.34. The molecule has 0 aliphatic carbocycles. The fourth-order valence-electron chi connectivity index (χ4n) is 2.10. The van der Waals surface area contributed by atoms with E-state index in [0.717, 1.165) is 25.2 Å². The van der Waals surface area contributed by atoms with Gasteiger partial charge in [0.2, 0.25) is 5.91 Å². The first kappa shape index (κ1) is 12.0. The molecule has 4 heteroatoms. The second-order valence-corrected chi connectivity index (χ2v) is 4.52. The summed E-state index contributed by atoms with van der Waals surface area (Å²) in [4.78, 5) is 13.7. The third-order valence-corrected chi connectivity index (χ3v) is 3.27. The van der Waals surface area contributed by atoms with Crippen molar-refractivity contribution in [3.05, 3.63) is 29.6 Å². The van der Waals surface area contributed by atoms with Gasteiger partial charge in [-0.3, -0.25) is 4.79 Å². The maximum Gasteiger partial charge on any atom is 0.231 e. The first-order valence-corrected chi connectivity index (χ1v) is 5.84. The van der Waals surface area contributed by atoms with Crippen molar-refractivity contribution in [2.24, 2.45) is 5.92 Å². The van der Waals surface area contributed by atoms with Gasteiger partial charge in [0.25, 0.3) is 0 Å². The van der Waals surface area contributed by atoms with Crippen molar-refractivity contribution in [3.63, 3.8) is 0 Å². The van der Waals surface area contributed by atoms with Gasteiger partial charge in [-0.1, -0.05) is 0 Å². The first-order chi connectivity index (χ1) is 8.09. The lowest BCUT2D eigenvalue weighted by Gasteiger charge is -2.21. The summed E-state index contributed by atoms with van der Waals surface area (Å²) in [6.45, 7) is 3.34. The number of carbonyl (C=O) groups is 1. The molecular formula is C13H17FN2O. The Morgan fingerprint density at radius 1 is 1.53 bits per heavy atom. The topological polar surface area (TPSA) is 32.3 Å². The van der Waals surface area contributed by atoms with Gasteiger partial charge in [0.05, 0.1) is 5.92 Å². The van der Waals surface area contributed by atoms with E-state index in [1.54, 1.807) is 31.0 Å². The molecule has 2 rings (SSSR count). The van der Waals surface area contributed by atoms with Crippen LogP contribution in [-0.4, -0.2) is 26.0 Å². The zero-order valence-electron chi connectivity index (χ0n) is 10.2. The van der Waals surface area contributed by atoms with Crippen molar-refractivity contribution < 1.29 is 9.18 Å². The van der Waals surface area contributed by atoms with Crippen LogP contribution >= 0.6 is 0 Å². The predicted octanol–water partition coefficient (Wildman–Crippen LogP) is 1.71. The van der Waals surface area contributed by atoms with Gasteiger partial charge in [-0.2, -0.15) is 0 Å². The van der Waals surface area contributed by atoms with Crippen LogP contribution in [0, 0.1) is 18.7 Å². The van der Waals surface area contributed by atoms with E-state index in [0.29, 0.717) is 5.56 Å². The third-order valence-electron chi connectivity index (χ3n) is 3.27. The number of aryl methyl sites for hydroxylation is 1. The van der Waals surface area contributed by atoms with Crippen molar-refractivity contribution >= 4 is 11.6 Å². The van der Waals surface area contributed by atoms with Gasteiger partial charge >= 0.3 is 0 Å². The van der Waals surface area contributed by atoms with E-state index < -0.39 is 0 Å². The Labute approximate surface area is 101 Å². The summed E-state index contributed by atoms with van der Waals surface area (Å²) in [6.07, 6.45) is 0.878. The summed E-state index contributed by atoms with van der Waals surface area (Å²) in [5.74, 6) is -0.0940. The maximum atomic E-state index is 13.2. The SMILES string of the molecule is Cc1cc(N(C)C(=O)C2CCNC2)ccc1F. The number of hydrogen-bond donors (Lipinski definition) is 1. The number of nitrogens with one attached hydrogen (secondary N) is 1. The molecular weight excluding hydrogens is 219 g/mol. The minimum Gasteiger partial charge on any atom is -0.316 e. The highest BCUT2D eigenvalue weighted by molar-refractivity contribution is 5.94. The number of amides is 1. The second kappa shape index (κ2) is 4.84. The van der Waals surface area contributed by atoms with Gasteiger partial charge in [0, 0.05) is 19.3 Å². The molecule has 1 unspecified atom stereocenters. The molecule has 1 saturated heterocycles. The van der Waals surface area contributed by atoms with Crippen molar-refractivity contribution in [1.29, 1.82) is 0 Å². The van der Waals surface area contributed by atoms with E-state index in [1.807, 2.05) is 0 Å². The number of benzene rings is 1. The average Bonchev–Trinajstić information content (AvgIpc) is 2.84. The predicted molar refractivity (Wildman–Crippen MR) is 65.5 cm³/mol. The Kier molecular flexibility index (Phi) is 3.43. The van der Waals surface area contributed by atoms with E-state index in [1.165, 1.54) is 6.07 Å². The van der Waals surface area contributed by atoms with Crippen LogP contribution < -0.4 is 10.2 Å². The van der Waals surface area contributed by atoms with E-state index in [-0.39, 0.29) is 17.6 Å². The van der Waals surface area contributed by atoms with Gasteiger partial charge in [-0.25, -0.2) is 4.39 Å². The molecule has 1 amide bonds. The molecule has 3 nitrogen and oxygen atoms in total. The van der Waals surface area contributed by atoms with E-state index in [9.17, 15) is 9.18 Å².